The number of aryl methyl sites for hydroxylation is 1. The van der Waals surface area contributed by atoms with E-state index in [1.54, 1.807) is 6.92 Å². The fraction of sp³-hybridized carbons (Fsp3) is 0.520. The highest BCUT2D eigenvalue weighted by Crippen LogP contribution is 2.08. The molecule has 0 fully saturated rings. The number of unbranched alkanes of at least 4 members (excludes halogenated alkanes) is 1. The Morgan fingerprint density at radius 1 is 1.09 bits per heavy atom. The number of rotatable bonds is 14. The van der Waals surface area contributed by atoms with E-state index in [9.17, 15) is 19.2 Å². The van der Waals surface area contributed by atoms with Crippen molar-refractivity contribution in [1.29, 1.82) is 0 Å². The molecule has 3 amide bonds. The number of carbonyl (C=O) groups excluding carboxylic acids is 4. The molecule has 1 rings (SSSR count). The highest BCUT2D eigenvalue weighted by Gasteiger charge is 2.25. The Balaban J connectivity index is 2.82. The van der Waals surface area contributed by atoms with Gasteiger partial charge >= 0.3 is 5.97 Å². The third kappa shape index (κ3) is 12.2. The molecule has 0 heterocycles. The molecule has 0 saturated heterocycles. The Bertz CT molecular complexity index is 811. The van der Waals surface area contributed by atoms with Gasteiger partial charge in [0.2, 0.25) is 5.91 Å². The van der Waals surface area contributed by atoms with Crippen molar-refractivity contribution in [3.63, 3.8) is 0 Å². The molecule has 0 radical (unpaired) electrons. The Morgan fingerprint density at radius 3 is 2.41 bits per heavy atom. The molecule has 188 valence electrons. The maximum Gasteiger partial charge on any atom is 0.330 e. The Morgan fingerprint density at radius 2 is 1.79 bits per heavy atom. The zero-order valence-electron chi connectivity index (χ0n) is 20.4. The Kier molecular flexibility index (Phi) is 13.9. The van der Waals surface area contributed by atoms with E-state index >= 15 is 0 Å². The minimum Gasteiger partial charge on any atom is -0.463 e. The Hall–Kier alpha value is -3.20. The summed E-state index contributed by atoms with van der Waals surface area (Å²) in [7, 11) is 0. The van der Waals surface area contributed by atoms with Crippen LogP contribution in [0.15, 0.2) is 42.5 Å². The average Bonchev–Trinajstić information content (AvgIpc) is 2.80. The average molecular weight is 475 g/mol. The molecule has 34 heavy (non-hydrogen) atoms. The number of hydrogen-bond donors (Lipinski definition) is 3. The monoisotopic (exact) mass is 474 g/mol. The van der Waals surface area contributed by atoms with Crippen LogP contribution in [-0.2, 0) is 30.3 Å². The van der Waals surface area contributed by atoms with Gasteiger partial charge in [-0.25, -0.2) is 4.79 Å². The molecule has 0 spiro atoms. The van der Waals surface area contributed by atoms with Crippen LogP contribution in [0, 0.1) is 5.92 Å². The smallest absolute Gasteiger partial charge is 0.330 e. The van der Waals surface area contributed by atoms with Crippen LogP contribution >= 0.6 is 0 Å². The molecule has 0 bridgehead atoms. The van der Waals surface area contributed by atoms with Crippen LogP contribution < -0.4 is 16.5 Å². The van der Waals surface area contributed by atoms with Gasteiger partial charge in [-0.15, -0.1) is 0 Å². The second kappa shape index (κ2) is 16.4. The van der Waals surface area contributed by atoms with Crippen LogP contribution in [0.5, 0.6) is 0 Å². The van der Waals surface area contributed by atoms with Gasteiger partial charge in [-0.05, 0) is 50.6 Å². The van der Waals surface area contributed by atoms with E-state index in [4.69, 9.17) is 10.5 Å². The molecule has 0 saturated carbocycles. The van der Waals surface area contributed by atoms with E-state index in [0.717, 1.165) is 22.7 Å². The zero-order valence-corrected chi connectivity index (χ0v) is 20.4. The topological polar surface area (TPSA) is 131 Å². The number of nitrogens with zero attached hydrogens (tertiary/aromatic N) is 1. The van der Waals surface area contributed by atoms with Gasteiger partial charge in [0.1, 0.15) is 6.04 Å². The summed E-state index contributed by atoms with van der Waals surface area (Å²) in [6.45, 7) is 6.41. The van der Waals surface area contributed by atoms with E-state index in [1.807, 2.05) is 44.2 Å². The van der Waals surface area contributed by atoms with Gasteiger partial charge in [0.05, 0.1) is 6.61 Å². The maximum absolute atomic E-state index is 13.0. The first-order valence-corrected chi connectivity index (χ1v) is 11.8. The number of benzene rings is 1. The third-order valence-corrected chi connectivity index (χ3v) is 4.84. The number of nitrogens with two attached hydrogens (primary N) is 1. The minimum atomic E-state index is -0.804. The molecule has 1 aromatic rings. The van der Waals surface area contributed by atoms with Crippen molar-refractivity contribution >= 4 is 23.7 Å². The number of carbonyl (C=O) groups is 4. The molecule has 0 aliphatic carbocycles. The molecule has 4 N–H and O–H groups in total. The van der Waals surface area contributed by atoms with Crippen LogP contribution in [0.4, 0.5) is 0 Å². The van der Waals surface area contributed by atoms with E-state index in [-0.39, 0.29) is 31.4 Å². The standard InChI is InChI=1S/C25H38N4O5/c1-4-34-24(32)15-14-23(31)29(17-9-8-16-26)28-25(33)21(18-19(2)3)27-22(30)13-12-20-10-6-5-7-11-20/h5-7,10-11,14-15,19,21H,4,8-9,12-13,16-18,26H2,1-3H3,(H,27,30)(H,28,33). The number of amides is 3. The summed E-state index contributed by atoms with van der Waals surface area (Å²) >= 11 is 0. The Labute approximate surface area is 202 Å². The van der Waals surface area contributed by atoms with Gasteiger partial charge in [-0.3, -0.25) is 24.8 Å². The van der Waals surface area contributed by atoms with Crippen LogP contribution in [0.1, 0.15) is 52.0 Å². The molecule has 1 aromatic carbocycles. The molecule has 0 aliphatic heterocycles. The van der Waals surface area contributed by atoms with Crippen molar-refractivity contribution in [3.8, 4) is 0 Å². The second-order valence-corrected chi connectivity index (χ2v) is 8.28. The second-order valence-electron chi connectivity index (χ2n) is 8.28. The van der Waals surface area contributed by atoms with Gasteiger partial charge in [-0.2, -0.15) is 0 Å². The highest BCUT2D eigenvalue weighted by molar-refractivity contribution is 5.96. The first-order valence-electron chi connectivity index (χ1n) is 11.8. The van der Waals surface area contributed by atoms with Gasteiger partial charge in [-0.1, -0.05) is 44.2 Å². The fourth-order valence-corrected chi connectivity index (χ4v) is 3.14. The first-order chi connectivity index (χ1) is 16.3. The molecule has 1 atom stereocenters. The number of nitrogens with one attached hydrogen (secondary N) is 2. The molecule has 0 aromatic heterocycles. The number of hydrogen-bond acceptors (Lipinski definition) is 6. The van der Waals surface area contributed by atoms with Crippen LogP contribution in [-0.4, -0.2) is 54.4 Å². The minimum absolute atomic E-state index is 0.135. The van der Waals surface area contributed by atoms with Crippen molar-refractivity contribution < 1.29 is 23.9 Å². The largest absolute Gasteiger partial charge is 0.463 e. The molecular weight excluding hydrogens is 436 g/mol. The lowest BCUT2D eigenvalue weighted by Crippen LogP contribution is -2.54. The molecule has 9 nitrogen and oxygen atoms in total. The summed E-state index contributed by atoms with van der Waals surface area (Å²) in [6.07, 6.45) is 4.51. The van der Waals surface area contributed by atoms with Gasteiger partial charge in [0, 0.05) is 25.1 Å². The number of esters is 1. The summed E-state index contributed by atoms with van der Waals surface area (Å²) in [4.78, 5) is 49.7. The predicted molar refractivity (Wildman–Crippen MR) is 130 cm³/mol. The quantitative estimate of drug-likeness (QED) is 0.163. The maximum atomic E-state index is 13.0. The number of hydrazine groups is 1. The lowest BCUT2D eigenvalue weighted by atomic mass is 10.0. The molecule has 1 unspecified atom stereocenters. The van der Waals surface area contributed by atoms with Crippen molar-refractivity contribution in [1.82, 2.24) is 15.8 Å². The lowest BCUT2D eigenvalue weighted by Gasteiger charge is -2.26. The highest BCUT2D eigenvalue weighted by atomic mass is 16.5. The van der Waals surface area contributed by atoms with Crippen LogP contribution in [0.25, 0.3) is 0 Å². The van der Waals surface area contributed by atoms with E-state index in [0.29, 0.717) is 32.2 Å². The summed E-state index contributed by atoms with van der Waals surface area (Å²) in [5.74, 6) is -1.82. The van der Waals surface area contributed by atoms with Crippen LogP contribution in [0.2, 0.25) is 0 Å². The fourth-order valence-electron chi connectivity index (χ4n) is 3.14. The van der Waals surface area contributed by atoms with E-state index < -0.39 is 23.8 Å². The first kappa shape index (κ1) is 28.8. The SMILES string of the molecule is CCOC(=O)C=CC(=O)N(CCCCN)NC(=O)C(CC(C)C)NC(=O)CCc1ccccc1. The van der Waals surface area contributed by atoms with Crippen LogP contribution in [0.3, 0.4) is 0 Å². The normalized spacial score (nSPS) is 11.8. The van der Waals surface area contributed by atoms with Crippen molar-refractivity contribution in [3.05, 3.63) is 48.0 Å². The summed E-state index contributed by atoms with van der Waals surface area (Å²) in [5.41, 5.74) is 9.18. The van der Waals surface area contributed by atoms with Crippen molar-refractivity contribution in [2.45, 2.75) is 58.9 Å². The van der Waals surface area contributed by atoms with Gasteiger partial charge in [0.15, 0.2) is 0 Å². The predicted octanol–water partition coefficient (Wildman–Crippen LogP) is 1.87. The van der Waals surface area contributed by atoms with Gasteiger partial charge < -0.3 is 15.8 Å². The van der Waals surface area contributed by atoms with E-state index in [1.165, 1.54) is 0 Å². The lowest BCUT2D eigenvalue weighted by molar-refractivity contribution is -0.140. The summed E-state index contributed by atoms with van der Waals surface area (Å²) in [6, 6.07) is 8.82. The molecule has 0 aliphatic rings. The molecule has 9 heteroatoms. The summed E-state index contributed by atoms with van der Waals surface area (Å²) < 4.78 is 4.78. The van der Waals surface area contributed by atoms with Gasteiger partial charge in [0.25, 0.3) is 11.8 Å². The molecular formula is C25H38N4O5. The number of ether oxygens (including phenoxy) is 1. The van der Waals surface area contributed by atoms with E-state index in [2.05, 4.69) is 10.7 Å². The summed E-state index contributed by atoms with van der Waals surface area (Å²) in [5, 5.41) is 3.93. The van der Waals surface area contributed by atoms with Crippen molar-refractivity contribution in [2.24, 2.45) is 11.7 Å². The third-order valence-electron chi connectivity index (χ3n) is 4.84. The zero-order chi connectivity index (χ0) is 25.3. The van der Waals surface area contributed by atoms with Crippen molar-refractivity contribution in [2.75, 3.05) is 19.7 Å².